The Balaban J connectivity index is 1.90. The molecule has 94 valence electrons. The van der Waals surface area contributed by atoms with Crippen LogP contribution in [0, 0.1) is 11.6 Å². The lowest BCUT2D eigenvalue weighted by Crippen LogP contribution is -2.16. The van der Waals surface area contributed by atoms with E-state index in [9.17, 15) is 8.78 Å². The molecule has 2 aromatic rings. The number of nitrogens with zero attached hydrogens (tertiary/aromatic N) is 1. The molecule has 3 rings (SSSR count). The summed E-state index contributed by atoms with van der Waals surface area (Å²) in [5.74, 6) is -0.718. The molecule has 1 aliphatic carbocycles. The van der Waals surface area contributed by atoms with Gasteiger partial charge in [0.25, 0.3) is 0 Å². The molecule has 0 aliphatic heterocycles. The molecular weight excluding hydrogens is 238 g/mol. The number of halogens is 2. The molecule has 0 bridgehead atoms. The van der Waals surface area contributed by atoms with E-state index in [4.69, 9.17) is 4.42 Å². The van der Waals surface area contributed by atoms with Crippen molar-refractivity contribution in [2.75, 3.05) is 0 Å². The second-order valence-corrected chi connectivity index (χ2v) is 4.41. The number of hydrogen-bond donors (Lipinski definition) is 1. The molecule has 3 nitrogen and oxygen atoms in total. The highest BCUT2D eigenvalue weighted by Gasteiger charge is 2.22. The smallest absolute Gasteiger partial charge is 0.181 e. The van der Waals surface area contributed by atoms with Crippen molar-refractivity contribution in [3.63, 3.8) is 0 Å². The zero-order valence-corrected chi connectivity index (χ0v) is 9.62. The molecule has 1 heterocycles. The van der Waals surface area contributed by atoms with Gasteiger partial charge in [-0.25, -0.2) is 13.8 Å². The first kappa shape index (κ1) is 11.3. The Morgan fingerprint density at radius 2 is 2.17 bits per heavy atom. The van der Waals surface area contributed by atoms with E-state index >= 15 is 0 Å². The van der Waals surface area contributed by atoms with Gasteiger partial charge >= 0.3 is 0 Å². The summed E-state index contributed by atoms with van der Waals surface area (Å²) in [5, 5.41) is 3.26. The molecule has 0 saturated heterocycles. The normalized spacial score (nSPS) is 15.0. The van der Waals surface area contributed by atoms with Crippen molar-refractivity contribution < 1.29 is 13.2 Å². The van der Waals surface area contributed by atoms with Gasteiger partial charge in [-0.2, -0.15) is 0 Å². The fourth-order valence-corrected chi connectivity index (χ4v) is 1.81. The highest BCUT2D eigenvalue weighted by Crippen LogP contribution is 2.27. The number of oxazole rings is 1. The van der Waals surface area contributed by atoms with E-state index in [-0.39, 0.29) is 5.56 Å². The minimum Gasteiger partial charge on any atom is -0.443 e. The van der Waals surface area contributed by atoms with Gasteiger partial charge in [-0.15, -0.1) is 0 Å². The Morgan fingerprint density at radius 3 is 2.94 bits per heavy atom. The Labute approximate surface area is 103 Å². The molecule has 0 atom stereocenters. The van der Waals surface area contributed by atoms with Crippen LogP contribution in [0.25, 0.3) is 11.3 Å². The van der Waals surface area contributed by atoms with Gasteiger partial charge in [0.1, 0.15) is 17.3 Å². The molecule has 0 unspecified atom stereocenters. The van der Waals surface area contributed by atoms with E-state index in [2.05, 4.69) is 10.3 Å². The van der Waals surface area contributed by atoms with Crippen LogP contribution in [0.15, 0.2) is 29.0 Å². The van der Waals surface area contributed by atoms with Crippen LogP contribution in [-0.2, 0) is 6.54 Å². The molecule has 5 heteroatoms. The number of aromatic nitrogens is 1. The van der Waals surface area contributed by atoms with Crippen LogP contribution < -0.4 is 5.32 Å². The molecule has 0 amide bonds. The van der Waals surface area contributed by atoms with Gasteiger partial charge in [0.05, 0.1) is 5.56 Å². The number of nitrogens with one attached hydrogen (secondary N) is 1. The summed E-state index contributed by atoms with van der Waals surface area (Å²) in [6.07, 6.45) is 3.56. The molecule has 1 aliphatic rings. The van der Waals surface area contributed by atoms with Gasteiger partial charge < -0.3 is 9.73 Å². The zero-order valence-electron chi connectivity index (χ0n) is 9.62. The van der Waals surface area contributed by atoms with E-state index in [1.54, 1.807) is 0 Å². The summed E-state index contributed by atoms with van der Waals surface area (Å²) >= 11 is 0. The third kappa shape index (κ3) is 2.26. The van der Waals surface area contributed by atoms with Crippen LogP contribution >= 0.6 is 0 Å². The van der Waals surface area contributed by atoms with Crippen molar-refractivity contribution >= 4 is 0 Å². The topological polar surface area (TPSA) is 38.1 Å². The van der Waals surface area contributed by atoms with Crippen molar-refractivity contribution in [3.8, 4) is 11.3 Å². The van der Waals surface area contributed by atoms with E-state index in [0.29, 0.717) is 24.0 Å². The molecule has 0 radical (unpaired) electrons. The lowest BCUT2D eigenvalue weighted by molar-refractivity contribution is 0.554. The van der Waals surface area contributed by atoms with Gasteiger partial charge in [0, 0.05) is 12.6 Å². The predicted octanol–water partition coefficient (Wildman–Crippen LogP) is 2.87. The van der Waals surface area contributed by atoms with Gasteiger partial charge in [-0.1, -0.05) is 0 Å². The molecule has 1 aromatic carbocycles. The number of hydrogen-bond acceptors (Lipinski definition) is 3. The van der Waals surface area contributed by atoms with Crippen molar-refractivity contribution in [2.45, 2.75) is 25.4 Å². The fraction of sp³-hybridized carbons (Fsp3) is 0.308. The first-order valence-corrected chi connectivity index (χ1v) is 5.85. The van der Waals surface area contributed by atoms with Gasteiger partial charge in [0.15, 0.2) is 12.2 Å². The maximum absolute atomic E-state index is 13.6. The maximum atomic E-state index is 13.6. The van der Waals surface area contributed by atoms with Crippen LogP contribution in [0.5, 0.6) is 0 Å². The second-order valence-electron chi connectivity index (χ2n) is 4.41. The predicted molar refractivity (Wildman–Crippen MR) is 61.7 cm³/mol. The van der Waals surface area contributed by atoms with E-state index in [0.717, 1.165) is 31.0 Å². The lowest BCUT2D eigenvalue weighted by atomic mass is 10.1. The SMILES string of the molecule is Fc1ccc(F)c(-c2ocnc2CNC2CC2)c1. The van der Waals surface area contributed by atoms with Gasteiger partial charge in [0.2, 0.25) is 0 Å². The Bertz CT molecular complexity index is 564. The Hall–Kier alpha value is -1.75. The van der Waals surface area contributed by atoms with Gasteiger partial charge in [-0.3, -0.25) is 0 Å². The molecule has 1 fully saturated rings. The third-order valence-electron chi connectivity index (χ3n) is 2.95. The molecule has 1 saturated carbocycles. The van der Waals surface area contributed by atoms with Crippen LogP contribution in [0.2, 0.25) is 0 Å². The van der Waals surface area contributed by atoms with Crippen molar-refractivity contribution in [1.29, 1.82) is 0 Å². The highest BCUT2D eigenvalue weighted by atomic mass is 19.1. The highest BCUT2D eigenvalue weighted by molar-refractivity contribution is 5.60. The monoisotopic (exact) mass is 250 g/mol. The van der Waals surface area contributed by atoms with Crippen LogP contribution in [0.1, 0.15) is 18.5 Å². The maximum Gasteiger partial charge on any atom is 0.181 e. The van der Waals surface area contributed by atoms with Gasteiger partial charge in [-0.05, 0) is 31.0 Å². The van der Waals surface area contributed by atoms with Crippen LogP contribution in [0.3, 0.4) is 0 Å². The zero-order chi connectivity index (χ0) is 12.5. The average molecular weight is 250 g/mol. The minimum atomic E-state index is -0.513. The molecule has 1 aromatic heterocycles. The number of benzene rings is 1. The summed E-state index contributed by atoms with van der Waals surface area (Å²) in [4.78, 5) is 4.04. The largest absolute Gasteiger partial charge is 0.443 e. The van der Waals surface area contributed by atoms with Crippen LogP contribution in [-0.4, -0.2) is 11.0 Å². The molecule has 1 N–H and O–H groups in total. The van der Waals surface area contributed by atoms with Crippen molar-refractivity contribution in [3.05, 3.63) is 41.9 Å². The Morgan fingerprint density at radius 1 is 1.33 bits per heavy atom. The summed E-state index contributed by atoms with van der Waals surface area (Å²) in [6, 6.07) is 3.81. The fourth-order valence-electron chi connectivity index (χ4n) is 1.81. The van der Waals surface area contributed by atoms with Crippen LogP contribution in [0.4, 0.5) is 8.78 Å². The quantitative estimate of drug-likeness (QED) is 0.906. The van der Waals surface area contributed by atoms with Crippen molar-refractivity contribution in [2.24, 2.45) is 0 Å². The summed E-state index contributed by atoms with van der Waals surface area (Å²) in [5.41, 5.74) is 0.714. The van der Waals surface area contributed by atoms with E-state index in [1.165, 1.54) is 6.39 Å². The Kier molecular flexibility index (Phi) is 2.83. The third-order valence-corrected chi connectivity index (χ3v) is 2.95. The minimum absolute atomic E-state index is 0.111. The summed E-state index contributed by atoms with van der Waals surface area (Å²) < 4.78 is 32.0. The second kappa shape index (κ2) is 4.49. The first-order chi connectivity index (χ1) is 8.74. The molecular formula is C13H12F2N2O. The van der Waals surface area contributed by atoms with Crippen molar-refractivity contribution in [1.82, 2.24) is 10.3 Å². The van der Waals surface area contributed by atoms with E-state index < -0.39 is 11.6 Å². The lowest BCUT2D eigenvalue weighted by Gasteiger charge is -2.04. The molecule has 18 heavy (non-hydrogen) atoms. The molecule has 0 spiro atoms. The standard InChI is InChI=1S/C13H12F2N2O/c14-8-1-4-11(15)10(5-8)13-12(17-7-18-13)6-16-9-2-3-9/h1,4-5,7,9,16H,2-3,6H2. The summed E-state index contributed by atoms with van der Waals surface area (Å²) in [6.45, 7) is 0.506. The van der Waals surface area contributed by atoms with E-state index in [1.807, 2.05) is 0 Å². The number of rotatable bonds is 4. The average Bonchev–Trinajstić information content (AvgIpc) is 3.08. The first-order valence-electron chi connectivity index (χ1n) is 5.85. The summed E-state index contributed by atoms with van der Waals surface area (Å²) in [7, 11) is 0.